The van der Waals surface area contributed by atoms with Gasteiger partial charge in [-0.1, -0.05) is 18.2 Å². The zero-order valence-corrected chi connectivity index (χ0v) is 13.4. The van der Waals surface area contributed by atoms with E-state index in [9.17, 15) is 18.0 Å². The first kappa shape index (κ1) is 17.9. The molecule has 1 atom stereocenters. The minimum atomic E-state index is -4.42. The van der Waals surface area contributed by atoms with Gasteiger partial charge in [0, 0.05) is 4.90 Å². The first-order chi connectivity index (χ1) is 11.3. The van der Waals surface area contributed by atoms with Crippen LogP contribution in [0.3, 0.4) is 0 Å². The third-order valence-corrected chi connectivity index (χ3v) is 4.24. The van der Waals surface area contributed by atoms with Gasteiger partial charge in [-0.2, -0.15) is 18.4 Å². The lowest BCUT2D eigenvalue weighted by molar-refractivity contribution is -0.137. The average Bonchev–Trinajstić information content (AvgIpc) is 2.54. The molecule has 2 aromatic carbocycles. The van der Waals surface area contributed by atoms with Crippen molar-refractivity contribution < 1.29 is 18.0 Å². The molecule has 2 aromatic rings. The van der Waals surface area contributed by atoms with E-state index in [1.165, 1.54) is 12.1 Å². The summed E-state index contributed by atoms with van der Waals surface area (Å²) in [4.78, 5) is 12.6. The Kier molecular flexibility index (Phi) is 5.52. The highest BCUT2D eigenvalue weighted by molar-refractivity contribution is 8.00. The molecular weight excluding hydrogens is 337 g/mol. The van der Waals surface area contributed by atoms with Crippen LogP contribution in [0.25, 0.3) is 0 Å². The van der Waals surface area contributed by atoms with Crippen LogP contribution in [-0.4, -0.2) is 11.2 Å². The molecule has 3 nitrogen and oxygen atoms in total. The fourth-order valence-electron chi connectivity index (χ4n) is 1.93. The summed E-state index contributed by atoms with van der Waals surface area (Å²) in [7, 11) is 0. The summed E-state index contributed by atoms with van der Waals surface area (Å²) in [6.45, 7) is 1.59. The van der Waals surface area contributed by atoms with E-state index < -0.39 is 17.0 Å². The molecule has 0 aliphatic heterocycles. The molecule has 1 N–H and O–H groups in total. The zero-order chi connectivity index (χ0) is 17.7. The Morgan fingerprint density at radius 2 is 1.92 bits per heavy atom. The van der Waals surface area contributed by atoms with Crippen LogP contribution in [-0.2, 0) is 11.0 Å². The first-order valence-corrected chi connectivity index (χ1v) is 7.83. The van der Waals surface area contributed by atoms with Crippen molar-refractivity contribution in [3.05, 3.63) is 59.7 Å². The molecule has 0 saturated heterocycles. The summed E-state index contributed by atoms with van der Waals surface area (Å²) in [6, 6.07) is 13.3. The van der Waals surface area contributed by atoms with Crippen molar-refractivity contribution in [2.24, 2.45) is 0 Å². The average molecular weight is 350 g/mol. The van der Waals surface area contributed by atoms with E-state index in [2.05, 4.69) is 5.32 Å². The Hall–Kier alpha value is -2.46. The van der Waals surface area contributed by atoms with Crippen LogP contribution in [0.4, 0.5) is 18.9 Å². The first-order valence-electron chi connectivity index (χ1n) is 6.95. The largest absolute Gasteiger partial charge is 0.416 e. The van der Waals surface area contributed by atoms with Crippen molar-refractivity contribution in [3.63, 3.8) is 0 Å². The number of anilines is 1. The number of nitriles is 1. The molecule has 0 fully saturated rings. The number of alkyl halides is 3. The zero-order valence-electron chi connectivity index (χ0n) is 12.6. The second-order valence-corrected chi connectivity index (χ2v) is 6.35. The molecule has 0 spiro atoms. The lowest BCUT2D eigenvalue weighted by atomic mass is 10.2. The lowest BCUT2D eigenvalue weighted by Crippen LogP contribution is -2.22. The van der Waals surface area contributed by atoms with Gasteiger partial charge in [0.25, 0.3) is 0 Å². The van der Waals surface area contributed by atoms with Crippen LogP contribution in [0.1, 0.15) is 18.1 Å². The molecule has 0 saturated carbocycles. The number of carbonyl (C=O) groups excluding carboxylic acids is 1. The topological polar surface area (TPSA) is 52.9 Å². The second-order valence-electron chi connectivity index (χ2n) is 4.93. The highest BCUT2D eigenvalue weighted by atomic mass is 32.2. The molecular formula is C17H13F3N2OS. The van der Waals surface area contributed by atoms with E-state index in [0.717, 1.165) is 23.9 Å². The summed E-state index contributed by atoms with van der Waals surface area (Å²) < 4.78 is 38.1. The predicted octanol–water partition coefficient (Wildman–Crippen LogP) is 4.70. The van der Waals surface area contributed by atoms with E-state index in [4.69, 9.17) is 5.26 Å². The number of para-hydroxylation sites is 1. The van der Waals surface area contributed by atoms with Crippen LogP contribution < -0.4 is 5.32 Å². The minimum absolute atomic E-state index is 0.321. The van der Waals surface area contributed by atoms with Gasteiger partial charge in [0.1, 0.15) is 6.07 Å². The number of thioether (sulfide) groups is 1. The van der Waals surface area contributed by atoms with Gasteiger partial charge >= 0.3 is 6.18 Å². The molecule has 0 aliphatic carbocycles. The number of halogens is 3. The Labute approximate surface area is 141 Å². The van der Waals surface area contributed by atoms with E-state index in [0.29, 0.717) is 16.1 Å². The monoisotopic (exact) mass is 350 g/mol. The molecule has 0 aromatic heterocycles. The van der Waals surface area contributed by atoms with Crippen molar-refractivity contribution in [1.82, 2.24) is 0 Å². The van der Waals surface area contributed by atoms with Gasteiger partial charge in [-0.3, -0.25) is 4.79 Å². The molecule has 124 valence electrons. The maximum atomic E-state index is 12.7. The predicted molar refractivity (Wildman–Crippen MR) is 86.5 cm³/mol. The molecule has 0 bridgehead atoms. The number of hydrogen-bond acceptors (Lipinski definition) is 3. The molecule has 0 unspecified atom stereocenters. The van der Waals surface area contributed by atoms with Crippen LogP contribution in [0.2, 0.25) is 0 Å². The van der Waals surface area contributed by atoms with E-state index in [1.54, 1.807) is 31.2 Å². The lowest BCUT2D eigenvalue weighted by Gasteiger charge is -2.14. The minimum Gasteiger partial charge on any atom is -0.324 e. The number of carbonyl (C=O) groups is 1. The van der Waals surface area contributed by atoms with Crippen LogP contribution >= 0.6 is 11.8 Å². The van der Waals surface area contributed by atoms with Crippen LogP contribution in [0.15, 0.2) is 53.4 Å². The van der Waals surface area contributed by atoms with Gasteiger partial charge in [0.05, 0.1) is 22.1 Å². The van der Waals surface area contributed by atoms with Gasteiger partial charge in [-0.15, -0.1) is 11.8 Å². The number of amides is 1. The fraction of sp³-hybridized carbons (Fsp3) is 0.176. The quantitative estimate of drug-likeness (QED) is 0.814. The standard InChI is InChI=1S/C17H13F3N2OS/c1-11(16(23)22-15-8-3-2-5-12(15)10-21)24-14-7-4-6-13(9-14)17(18,19)20/h2-9,11H,1H3,(H,22,23)/t11-/m0/s1. The third kappa shape index (κ3) is 4.52. The second kappa shape index (κ2) is 7.41. The molecule has 0 radical (unpaired) electrons. The Morgan fingerprint density at radius 3 is 2.58 bits per heavy atom. The van der Waals surface area contributed by atoms with Gasteiger partial charge in [0.15, 0.2) is 0 Å². The summed E-state index contributed by atoms with van der Waals surface area (Å²) in [5.74, 6) is -0.389. The van der Waals surface area contributed by atoms with Gasteiger partial charge in [-0.05, 0) is 37.3 Å². The number of benzene rings is 2. The van der Waals surface area contributed by atoms with Crippen molar-refractivity contribution >= 4 is 23.4 Å². The fourth-order valence-corrected chi connectivity index (χ4v) is 2.85. The van der Waals surface area contributed by atoms with E-state index in [-0.39, 0.29) is 5.91 Å². The van der Waals surface area contributed by atoms with Crippen molar-refractivity contribution in [2.45, 2.75) is 23.2 Å². The number of nitrogens with zero attached hydrogens (tertiary/aromatic N) is 1. The normalized spacial score (nSPS) is 12.3. The van der Waals surface area contributed by atoms with Crippen LogP contribution in [0.5, 0.6) is 0 Å². The Bertz CT molecular complexity index is 784. The molecule has 0 aliphatic rings. The Balaban J connectivity index is 2.08. The highest BCUT2D eigenvalue weighted by Crippen LogP contribution is 2.33. The summed E-state index contributed by atoms with van der Waals surface area (Å²) >= 11 is 1.02. The molecule has 1 amide bonds. The Morgan fingerprint density at radius 1 is 1.21 bits per heavy atom. The van der Waals surface area contributed by atoms with Gasteiger partial charge < -0.3 is 5.32 Å². The maximum Gasteiger partial charge on any atom is 0.416 e. The SMILES string of the molecule is C[C@H](Sc1cccc(C(F)(F)F)c1)C(=O)Nc1ccccc1C#N. The van der Waals surface area contributed by atoms with Crippen molar-refractivity contribution in [3.8, 4) is 6.07 Å². The van der Waals surface area contributed by atoms with Crippen LogP contribution in [0, 0.1) is 11.3 Å². The van der Waals surface area contributed by atoms with Crippen molar-refractivity contribution in [2.75, 3.05) is 5.32 Å². The number of nitrogens with one attached hydrogen (secondary N) is 1. The highest BCUT2D eigenvalue weighted by Gasteiger charge is 2.30. The summed E-state index contributed by atoms with van der Waals surface area (Å²) in [6.07, 6.45) is -4.42. The summed E-state index contributed by atoms with van der Waals surface area (Å²) in [5.41, 5.74) is -0.0569. The molecule has 0 heterocycles. The maximum absolute atomic E-state index is 12.7. The van der Waals surface area contributed by atoms with Gasteiger partial charge in [0.2, 0.25) is 5.91 Å². The van der Waals surface area contributed by atoms with E-state index >= 15 is 0 Å². The molecule has 24 heavy (non-hydrogen) atoms. The van der Waals surface area contributed by atoms with E-state index in [1.807, 2.05) is 6.07 Å². The number of rotatable bonds is 4. The third-order valence-electron chi connectivity index (χ3n) is 3.15. The smallest absolute Gasteiger partial charge is 0.324 e. The molecule has 7 heteroatoms. The summed E-state index contributed by atoms with van der Waals surface area (Å²) in [5, 5.41) is 11.0. The van der Waals surface area contributed by atoms with Crippen molar-refractivity contribution in [1.29, 1.82) is 5.26 Å². The number of hydrogen-bond donors (Lipinski definition) is 1. The molecule has 2 rings (SSSR count). The van der Waals surface area contributed by atoms with Gasteiger partial charge in [-0.25, -0.2) is 0 Å².